The van der Waals surface area contributed by atoms with E-state index in [9.17, 15) is 9.59 Å². The molecule has 0 atom stereocenters. The third-order valence-electron chi connectivity index (χ3n) is 2.79. The number of nitrogens with zero attached hydrogens (tertiary/aromatic N) is 1. The molecule has 1 amide bonds. The van der Waals surface area contributed by atoms with E-state index in [4.69, 9.17) is 11.6 Å². The molecular weight excluding hydrogens is 372 g/mol. The predicted molar refractivity (Wildman–Crippen MR) is 88.0 cm³/mol. The van der Waals surface area contributed by atoms with Crippen LogP contribution in [0.3, 0.4) is 0 Å². The summed E-state index contributed by atoms with van der Waals surface area (Å²) in [5.41, 5.74) is 1.54. The van der Waals surface area contributed by atoms with Crippen molar-refractivity contribution >= 4 is 45.1 Å². The highest BCUT2D eigenvalue weighted by Crippen LogP contribution is 2.31. The van der Waals surface area contributed by atoms with Gasteiger partial charge in [0.05, 0.1) is 23.5 Å². The fraction of sp³-hybridized carbons (Fsp3) is 0.133. The lowest BCUT2D eigenvalue weighted by atomic mass is 10.1. The number of rotatable bonds is 3. The Morgan fingerprint density at radius 3 is 2.45 bits per heavy atom. The molecule has 0 fully saturated rings. The molecule has 0 radical (unpaired) electrons. The van der Waals surface area contributed by atoms with Crippen LogP contribution in [0, 0.1) is 0 Å². The van der Waals surface area contributed by atoms with Gasteiger partial charge in [-0.2, -0.15) is 0 Å². The zero-order valence-electron chi connectivity index (χ0n) is 11.8. The summed E-state index contributed by atoms with van der Waals surface area (Å²) < 4.78 is 5.60. The number of aromatic nitrogens is 1. The number of carbonyl (C=O) groups excluding carboxylic acids is 2. The number of methoxy groups -OCH3 is 1. The fourth-order valence-electron chi connectivity index (χ4n) is 1.81. The first kappa shape index (κ1) is 16.5. The maximum absolute atomic E-state index is 11.8. The van der Waals surface area contributed by atoms with Gasteiger partial charge in [0.1, 0.15) is 0 Å². The predicted octanol–water partition coefficient (Wildman–Crippen LogP) is 3.91. The summed E-state index contributed by atoms with van der Waals surface area (Å²) in [6, 6.07) is 8.97. The van der Waals surface area contributed by atoms with Crippen LogP contribution in [0.4, 0.5) is 5.69 Å². The lowest BCUT2D eigenvalue weighted by molar-refractivity contribution is -0.114. The van der Waals surface area contributed by atoms with Crippen LogP contribution in [0.1, 0.15) is 17.4 Å². The maximum atomic E-state index is 11.8. The Hall–Kier alpha value is -1.92. The van der Waals surface area contributed by atoms with Gasteiger partial charge in [0.25, 0.3) is 0 Å². The molecule has 0 saturated heterocycles. The molecule has 22 heavy (non-hydrogen) atoms. The van der Waals surface area contributed by atoms with E-state index >= 15 is 0 Å². The zero-order valence-corrected chi connectivity index (χ0v) is 14.2. The summed E-state index contributed by atoms with van der Waals surface area (Å²) in [4.78, 5) is 27.4. The highest BCUT2D eigenvalue weighted by Gasteiger charge is 2.19. The molecule has 0 bridgehead atoms. The van der Waals surface area contributed by atoms with Gasteiger partial charge >= 0.3 is 5.97 Å². The number of halogens is 2. The van der Waals surface area contributed by atoms with E-state index in [-0.39, 0.29) is 16.6 Å². The Labute approximate surface area is 140 Å². The van der Waals surface area contributed by atoms with Crippen LogP contribution < -0.4 is 5.32 Å². The van der Waals surface area contributed by atoms with Crippen LogP contribution in [0.5, 0.6) is 0 Å². The van der Waals surface area contributed by atoms with E-state index in [0.717, 1.165) is 10.0 Å². The monoisotopic (exact) mass is 382 g/mol. The van der Waals surface area contributed by atoms with Gasteiger partial charge in [-0.05, 0) is 18.2 Å². The standard InChI is InChI=1S/C15H12BrClN2O3/c1-8(20)18-12-7-11(9-3-5-10(16)6-4-9)19-14(13(12)17)15(21)22-2/h3-7H,1-2H3,(H,18,19,20). The van der Waals surface area contributed by atoms with E-state index in [1.165, 1.54) is 14.0 Å². The average Bonchev–Trinajstić information content (AvgIpc) is 2.49. The SMILES string of the molecule is COC(=O)c1nc(-c2ccc(Br)cc2)cc(NC(C)=O)c1Cl. The Balaban J connectivity index is 2.61. The minimum Gasteiger partial charge on any atom is -0.464 e. The van der Waals surface area contributed by atoms with Crippen LogP contribution in [-0.4, -0.2) is 24.0 Å². The summed E-state index contributed by atoms with van der Waals surface area (Å²) >= 11 is 9.48. The number of anilines is 1. The molecule has 0 spiro atoms. The second-order valence-electron chi connectivity index (χ2n) is 4.40. The summed E-state index contributed by atoms with van der Waals surface area (Å²) in [5, 5.41) is 2.63. The highest BCUT2D eigenvalue weighted by molar-refractivity contribution is 9.10. The van der Waals surface area contributed by atoms with E-state index in [2.05, 4.69) is 31.0 Å². The van der Waals surface area contributed by atoms with Crippen LogP contribution in [0.25, 0.3) is 11.3 Å². The minimum atomic E-state index is -0.671. The molecule has 2 aromatic rings. The Kier molecular flexibility index (Phi) is 5.15. The quantitative estimate of drug-likeness (QED) is 0.816. The molecular formula is C15H12BrClN2O3. The van der Waals surface area contributed by atoms with Gasteiger partial charge in [-0.1, -0.05) is 39.7 Å². The van der Waals surface area contributed by atoms with Gasteiger partial charge in [0, 0.05) is 17.0 Å². The molecule has 1 aromatic heterocycles. The molecule has 0 aliphatic heterocycles. The first-order chi connectivity index (χ1) is 10.4. The molecule has 0 aliphatic carbocycles. The normalized spacial score (nSPS) is 10.2. The largest absolute Gasteiger partial charge is 0.464 e. The maximum Gasteiger partial charge on any atom is 0.358 e. The summed E-state index contributed by atoms with van der Waals surface area (Å²) in [6.07, 6.45) is 0. The third-order valence-corrected chi connectivity index (χ3v) is 3.70. The smallest absolute Gasteiger partial charge is 0.358 e. The number of ether oxygens (including phenoxy) is 1. The number of carbonyl (C=O) groups is 2. The number of hydrogen-bond acceptors (Lipinski definition) is 4. The van der Waals surface area contributed by atoms with Crippen LogP contribution in [0.15, 0.2) is 34.8 Å². The van der Waals surface area contributed by atoms with Gasteiger partial charge in [-0.3, -0.25) is 4.79 Å². The van der Waals surface area contributed by atoms with Crippen molar-refractivity contribution in [3.05, 3.63) is 45.5 Å². The molecule has 0 unspecified atom stereocenters. The van der Waals surface area contributed by atoms with Crippen LogP contribution in [-0.2, 0) is 9.53 Å². The van der Waals surface area contributed by atoms with Gasteiger partial charge < -0.3 is 10.1 Å². The molecule has 2 rings (SSSR count). The van der Waals surface area contributed by atoms with Crippen molar-refractivity contribution in [2.45, 2.75) is 6.92 Å². The molecule has 1 heterocycles. The van der Waals surface area contributed by atoms with E-state index < -0.39 is 5.97 Å². The molecule has 0 saturated carbocycles. The van der Waals surface area contributed by atoms with Crippen molar-refractivity contribution in [1.82, 2.24) is 4.98 Å². The van der Waals surface area contributed by atoms with E-state index in [1.54, 1.807) is 6.07 Å². The topological polar surface area (TPSA) is 68.3 Å². The van der Waals surface area contributed by atoms with Crippen molar-refractivity contribution in [2.24, 2.45) is 0 Å². The van der Waals surface area contributed by atoms with Crippen molar-refractivity contribution in [1.29, 1.82) is 0 Å². The van der Waals surface area contributed by atoms with Gasteiger partial charge in [0.2, 0.25) is 5.91 Å². The van der Waals surface area contributed by atoms with Gasteiger partial charge in [-0.25, -0.2) is 9.78 Å². The summed E-state index contributed by atoms with van der Waals surface area (Å²) in [7, 11) is 1.24. The minimum absolute atomic E-state index is 0.0444. The second-order valence-corrected chi connectivity index (χ2v) is 5.69. The molecule has 1 N–H and O–H groups in total. The lowest BCUT2D eigenvalue weighted by Crippen LogP contribution is -2.11. The lowest BCUT2D eigenvalue weighted by Gasteiger charge is -2.11. The number of nitrogens with one attached hydrogen (secondary N) is 1. The molecule has 114 valence electrons. The van der Waals surface area contributed by atoms with E-state index in [1.807, 2.05) is 24.3 Å². The third kappa shape index (κ3) is 3.64. The molecule has 0 aliphatic rings. The Morgan fingerprint density at radius 2 is 1.91 bits per heavy atom. The second kappa shape index (κ2) is 6.89. The Morgan fingerprint density at radius 1 is 1.27 bits per heavy atom. The highest BCUT2D eigenvalue weighted by atomic mass is 79.9. The van der Waals surface area contributed by atoms with Crippen molar-refractivity contribution in [3.63, 3.8) is 0 Å². The molecule has 1 aromatic carbocycles. The summed E-state index contributed by atoms with van der Waals surface area (Å²) in [5.74, 6) is -0.971. The van der Waals surface area contributed by atoms with E-state index in [0.29, 0.717) is 11.4 Å². The van der Waals surface area contributed by atoms with Crippen LogP contribution in [0.2, 0.25) is 5.02 Å². The van der Waals surface area contributed by atoms with Gasteiger partial charge in [0.15, 0.2) is 5.69 Å². The van der Waals surface area contributed by atoms with Crippen molar-refractivity contribution < 1.29 is 14.3 Å². The first-order valence-electron chi connectivity index (χ1n) is 6.24. The molecule has 5 nitrogen and oxygen atoms in total. The molecule has 7 heteroatoms. The number of esters is 1. The number of hydrogen-bond donors (Lipinski definition) is 1. The summed E-state index contributed by atoms with van der Waals surface area (Å²) in [6.45, 7) is 1.36. The zero-order chi connectivity index (χ0) is 16.3. The fourth-order valence-corrected chi connectivity index (χ4v) is 2.30. The Bertz CT molecular complexity index is 732. The number of pyridine rings is 1. The average molecular weight is 384 g/mol. The van der Waals surface area contributed by atoms with Crippen LogP contribution >= 0.6 is 27.5 Å². The number of amides is 1. The van der Waals surface area contributed by atoms with Gasteiger partial charge in [-0.15, -0.1) is 0 Å². The number of benzene rings is 1. The van der Waals surface area contributed by atoms with Crippen molar-refractivity contribution in [3.8, 4) is 11.3 Å². The van der Waals surface area contributed by atoms with Crippen molar-refractivity contribution in [2.75, 3.05) is 12.4 Å². The first-order valence-corrected chi connectivity index (χ1v) is 7.42.